The lowest BCUT2D eigenvalue weighted by atomic mass is 10.1. The molecule has 2 N–H and O–H groups in total. The van der Waals surface area contributed by atoms with Gasteiger partial charge in [0.05, 0.1) is 22.2 Å². The van der Waals surface area contributed by atoms with E-state index in [1.54, 1.807) is 6.07 Å². The molecule has 0 aromatic heterocycles. The van der Waals surface area contributed by atoms with E-state index in [1.165, 1.54) is 11.9 Å². The fourth-order valence-electron chi connectivity index (χ4n) is 2.76. The molecule has 4 rings (SSSR count). The smallest absolute Gasteiger partial charge is 0.206 e. The highest BCUT2D eigenvalue weighted by molar-refractivity contribution is 7.98. The van der Waals surface area contributed by atoms with Crippen LogP contribution in [0, 0.1) is 6.92 Å². The van der Waals surface area contributed by atoms with E-state index in [2.05, 4.69) is 15.0 Å². The van der Waals surface area contributed by atoms with Gasteiger partial charge in [-0.15, -0.1) is 0 Å². The molecule has 3 aromatic carbocycles. The summed E-state index contributed by atoms with van der Waals surface area (Å²) in [7, 11) is 0. The van der Waals surface area contributed by atoms with Crippen LogP contribution in [0.5, 0.6) is 11.5 Å². The van der Waals surface area contributed by atoms with Gasteiger partial charge in [0.1, 0.15) is 5.75 Å². The largest absolute Gasteiger partial charge is 0.454 e. The minimum Gasteiger partial charge on any atom is -0.454 e. The number of aliphatic imine (C=N–C) groups is 1. The predicted octanol–water partition coefficient (Wildman–Crippen LogP) is 6.67. The number of guanidine groups is 1. The Hall–Kier alpha value is -2.34. The molecular weight excluding hydrogens is 413 g/mol. The van der Waals surface area contributed by atoms with Gasteiger partial charge in [-0.1, -0.05) is 59.6 Å². The Morgan fingerprint density at radius 1 is 0.964 bits per heavy atom. The van der Waals surface area contributed by atoms with Crippen LogP contribution in [-0.4, -0.2) is 5.96 Å². The van der Waals surface area contributed by atoms with Crippen LogP contribution in [0.3, 0.4) is 0 Å². The van der Waals surface area contributed by atoms with Crippen molar-refractivity contribution in [1.82, 2.24) is 4.72 Å². The molecule has 0 saturated heterocycles. The Labute approximate surface area is 178 Å². The predicted molar refractivity (Wildman–Crippen MR) is 118 cm³/mol. The van der Waals surface area contributed by atoms with Crippen LogP contribution in [0.25, 0.3) is 0 Å². The maximum atomic E-state index is 6.37. The summed E-state index contributed by atoms with van der Waals surface area (Å²) in [6.07, 6.45) is 0. The third kappa shape index (κ3) is 4.07. The second kappa shape index (κ2) is 8.35. The molecule has 0 amide bonds. The molecule has 1 heterocycles. The molecule has 0 bridgehead atoms. The Bertz CT molecular complexity index is 1060. The van der Waals surface area contributed by atoms with Crippen molar-refractivity contribution in [2.75, 3.05) is 5.32 Å². The van der Waals surface area contributed by atoms with E-state index in [4.69, 9.17) is 27.9 Å². The van der Waals surface area contributed by atoms with E-state index in [1.807, 2.05) is 61.5 Å². The molecule has 0 unspecified atom stereocenters. The molecule has 7 heteroatoms. The fraction of sp³-hybridized carbons (Fsp3) is 0.0952. The Kier molecular flexibility index (Phi) is 5.67. The average molecular weight is 430 g/mol. The number of halogens is 2. The molecule has 0 aliphatic carbocycles. The second-order valence-corrected chi connectivity index (χ2v) is 7.84. The summed E-state index contributed by atoms with van der Waals surface area (Å²) < 4.78 is 9.25. The Morgan fingerprint density at radius 2 is 1.75 bits per heavy atom. The molecule has 0 spiro atoms. The van der Waals surface area contributed by atoms with Crippen LogP contribution in [0.4, 0.5) is 5.69 Å². The maximum Gasteiger partial charge on any atom is 0.206 e. The van der Waals surface area contributed by atoms with E-state index in [0.29, 0.717) is 29.0 Å². The van der Waals surface area contributed by atoms with Gasteiger partial charge in [-0.25, -0.2) is 4.99 Å². The normalized spacial score (nSPS) is 14.2. The van der Waals surface area contributed by atoms with Gasteiger partial charge >= 0.3 is 0 Å². The SMILES string of the molecule is Cc1cccc(CN=C2NSc3cccc(Oc4ccccc4Cl)c3N2)c1Cl. The number of fused-ring (bicyclic) bond motifs is 1. The number of nitrogens with one attached hydrogen (secondary N) is 2. The lowest BCUT2D eigenvalue weighted by Gasteiger charge is -2.23. The van der Waals surface area contributed by atoms with Crippen LogP contribution in [0.2, 0.25) is 10.0 Å². The highest BCUT2D eigenvalue weighted by Gasteiger charge is 2.19. The zero-order valence-electron chi connectivity index (χ0n) is 15.0. The number of hydrogen-bond donors (Lipinski definition) is 2. The highest BCUT2D eigenvalue weighted by atomic mass is 35.5. The highest BCUT2D eigenvalue weighted by Crippen LogP contribution is 2.40. The molecule has 0 saturated carbocycles. The van der Waals surface area contributed by atoms with Crippen molar-refractivity contribution in [2.45, 2.75) is 18.4 Å². The first-order valence-corrected chi connectivity index (χ1v) is 10.2. The quantitative estimate of drug-likeness (QED) is 0.454. The van der Waals surface area contributed by atoms with Crippen molar-refractivity contribution in [3.63, 3.8) is 0 Å². The van der Waals surface area contributed by atoms with Crippen molar-refractivity contribution in [1.29, 1.82) is 0 Å². The number of rotatable bonds is 4. The summed E-state index contributed by atoms with van der Waals surface area (Å²) in [5, 5.41) is 4.62. The van der Waals surface area contributed by atoms with Gasteiger partial charge in [0.2, 0.25) is 5.96 Å². The van der Waals surface area contributed by atoms with Gasteiger partial charge in [-0.2, -0.15) is 0 Å². The van der Waals surface area contributed by atoms with Crippen molar-refractivity contribution in [3.8, 4) is 11.5 Å². The molecular formula is C21H17Cl2N3OS. The van der Waals surface area contributed by atoms with E-state index in [0.717, 1.165) is 26.7 Å². The van der Waals surface area contributed by atoms with Crippen LogP contribution in [0.1, 0.15) is 11.1 Å². The number of aryl methyl sites for hydroxylation is 1. The van der Waals surface area contributed by atoms with Gasteiger partial charge in [0, 0.05) is 5.02 Å². The van der Waals surface area contributed by atoms with Crippen LogP contribution >= 0.6 is 35.1 Å². The maximum absolute atomic E-state index is 6.37. The van der Waals surface area contributed by atoms with Gasteiger partial charge in [-0.3, -0.25) is 4.72 Å². The fourth-order valence-corrected chi connectivity index (χ4v) is 3.85. The molecule has 142 valence electrons. The van der Waals surface area contributed by atoms with Crippen LogP contribution in [-0.2, 0) is 6.54 Å². The van der Waals surface area contributed by atoms with Gasteiger partial charge in [0.15, 0.2) is 5.75 Å². The number of ether oxygens (including phenoxy) is 1. The molecule has 1 aliphatic rings. The van der Waals surface area contributed by atoms with Crippen LogP contribution in [0.15, 0.2) is 70.6 Å². The number of nitrogens with zero attached hydrogens (tertiary/aromatic N) is 1. The minimum atomic E-state index is 0.472. The lowest BCUT2D eigenvalue weighted by Crippen LogP contribution is -2.29. The minimum absolute atomic E-state index is 0.472. The number of anilines is 1. The standard InChI is InChI=1S/C21H17Cl2N3OS/c1-13-6-4-7-14(19(13)23)12-24-21-25-20-17(10-5-11-18(20)28-26-21)27-16-9-3-2-8-15(16)22/h2-11H,12H2,1H3,(H2,24,25,26). The summed E-state index contributed by atoms with van der Waals surface area (Å²) in [6.45, 7) is 2.46. The average Bonchev–Trinajstić information content (AvgIpc) is 2.71. The summed E-state index contributed by atoms with van der Waals surface area (Å²) in [4.78, 5) is 5.64. The molecule has 1 aliphatic heterocycles. The molecule has 0 radical (unpaired) electrons. The van der Waals surface area contributed by atoms with Crippen molar-refractivity contribution >= 4 is 46.8 Å². The van der Waals surface area contributed by atoms with Crippen molar-refractivity contribution < 1.29 is 4.74 Å². The van der Waals surface area contributed by atoms with E-state index in [-0.39, 0.29) is 0 Å². The van der Waals surface area contributed by atoms with Gasteiger partial charge in [0.25, 0.3) is 0 Å². The summed E-state index contributed by atoms with van der Waals surface area (Å²) in [6, 6.07) is 19.2. The van der Waals surface area contributed by atoms with Gasteiger partial charge < -0.3 is 10.1 Å². The van der Waals surface area contributed by atoms with E-state index in [9.17, 15) is 0 Å². The molecule has 0 fully saturated rings. The summed E-state index contributed by atoms with van der Waals surface area (Å²) in [5.74, 6) is 1.93. The number of para-hydroxylation sites is 2. The number of hydrogen-bond acceptors (Lipinski definition) is 3. The molecule has 4 nitrogen and oxygen atoms in total. The molecule has 28 heavy (non-hydrogen) atoms. The zero-order chi connectivity index (χ0) is 19.5. The monoisotopic (exact) mass is 429 g/mol. The third-order valence-electron chi connectivity index (χ3n) is 4.22. The van der Waals surface area contributed by atoms with Crippen molar-refractivity contribution in [2.24, 2.45) is 4.99 Å². The summed E-state index contributed by atoms with van der Waals surface area (Å²) >= 11 is 14.1. The van der Waals surface area contributed by atoms with Gasteiger partial charge in [-0.05, 0) is 54.3 Å². The van der Waals surface area contributed by atoms with Crippen molar-refractivity contribution in [3.05, 3.63) is 81.8 Å². The Morgan fingerprint density at radius 3 is 2.61 bits per heavy atom. The second-order valence-electron chi connectivity index (χ2n) is 6.20. The van der Waals surface area contributed by atoms with Crippen LogP contribution < -0.4 is 14.8 Å². The lowest BCUT2D eigenvalue weighted by molar-refractivity contribution is 0.484. The van der Waals surface area contributed by atoms with E-state index >= 15 is 0 Å². The Balaban J connectivity index is 1.57. The third-order valence-corrected chi connectivity index (χ3v) is 5.93. The molecule has 3 aromatic rings. The zero-order valence-corrected chi connectivity index (χ0v) is 17.3. The summed E-state index contributed by atoms with van der Waals surface area (Å²) in [5.41, 5.74) is 2.87. The first-order chi connectivity index (χ1) is 13.6. The first-order valence-electron chi connectivity index (χ1n) is 8.65. The topological polar surface area (TPSA) is 45.7 Å². The first kappa shape index (κ1) is 19.0. The number of benzene rings is 3. The van der Waals surface area contributed by atoms with E-state index < -0.39 is 0 Å². The molecule has 0 atom stereocenters.